The fourth-order valence-corrected chi connectivity index (χ4v) is 2.80. The highest BCUT2D eigenvalue weighted by atomic mass is 32.2. The molecule has 0 amide bonds. The van der Waals surface area contributed by atoms with Gasteiger partial charge in [-0.3, -0.25) is 0 Å². The summed E-state index contributed by atoms with van der Waals surface area (Å²) >= 11 is 0. The molecule has 0 heterocycles. The fourth-order valence-electron chi connectivity index (χ4n) is 1.61. The van der Waals surface area contributed by atoms with Gasteiger partial charge in [0.25, 0.3) is 0 Å². The van der Waals surface area contributed by atoms with Gasteiger partial charge in [0.05, 0.1) is 4.90 Å². The van der Waals surface area contributed by atoms with E-state index in [0.29, 0.717) is 0 Å². The molecule has 20 heavy (non-hydrogen) atoms. The molecule has 0 N–H and O–H groups in total. The summed E-state index contributed by atoms with van der Waals surface area (Å²) in [7, 11) is -3.67. The van der Waals surface area contributed by atoms with Crippen molar-refractivity contribution in [2.45, 2.75) is 11.1 Å². The van der Waals surface area contributed by atoms with Crippen LogP contribution in [0.3, 0.4) is 0 Å². The van der Waals surface area contributed by atoms with Crippen LogP contribution < -0.4 is 0 Å². The molecule has 106 valence electrons. The Kier molecular flexibility index (Phi) is 3.76. The van der Waals surface area contributed by atoms with E-state index in [1.54, 1.807) is 18.2 Å². The third-order valence-electron chi connectivity index (χ3n) is 2.60. The molecule has 0 spiro atoms. The lowest BCUT2D eigenvalue weighted by Gasteiger charge is -2.14. The van der Waals surface area contributed by atoms with Crippen LogP contribution in [-0.4, -0.2) is 8.42 Å². The Morgan fingerprint density at radius 1 is 0.850 bits per heavy atom. The molecule has 0 aliphatic rings. The average Bonchev–Trinajstić information content (AvgIpc) is 2.39. The van der Waals surface area contributed by atoms with Crippen molar-refractivity contribution in [2.75, 3.05) is 0 Å². The van der Waals surface area contributed by atoms with E-state index in [4.69, 9.17) is 0 Å². The van der Waals surface area contributed by atoms with Crippen LogP contribution >= 0.6 is 0 Å². The molecule has 0 bridgehead atoms. The van der Waals surface area contributed by atoms with E-state index in [0.717, 1.165) is 30.0 Å². The molecule has 2 nitrogen and oxygen atoms in total. The monoisotopic (exact) mass is 299 g/mol. The number of benzene rings is 2. The number of hydrogen-bond donors (Lipinski definition) is 0. The highest BCUT2D eigenvalue weighted by Gasteiger charge is 2.28. The maximum Gasteiger partial charge on any atom is 0.414 e. The first-order valence-electron chi connectivity index (χ1n) is 5.61. The van der Waals surface area contributed by atoms with E-state index in [-0.39, 0.29) is 10.5 Å². The third-order valence-corrected chi connectivity index (χ3v) is 4.11. The molecule has 0 saturated heterocycles. The van der Waals surface area contributed by atoms with Crippen molar-refractivity contribution in [2.24, 2.45) is 0 Å². The van der Waals surface area contributed by atoms with Crippen LogP contribution in [0.1, 0.15) is 11.1 Å². The Morgan fingerprint density at radius 3 is 1.90 bits per heavy atom. The standard InChI is InChI=1S/C14H10F3O2S/c15-14(16,17)12-8-6-11(7-9-12)10-20(18,19)13-4-2-1-3-5-13/h1-10H/q-1. The number of alkyl halides is 3. The Labute approximate surface area is 114 Å². The van der Waals surface area contributed by atoms with Crippen molar-refractivity contribution in [3.8, 4) is 0 Å². The Morgan fingerprint density at radius 2 is 1.40 bits per heavy atom. The minimum absolute atomic E-state index is 0.0971. The molecule has 0 atom stereocenters. The first kappa shape index (κ1) is 14.5. The lowest BCUT2D eigenvalue weighted by Crippen LogP contribution is -2.06. The zero-order valence-electron chi connectivity index (χ0n) is 10.1. The van der Waals surface area contributed by atoms with Crippen LogP contribution in [0.2, 0.25) is 0 Å². The Balaban J connectivity index is 2.23. The summed E-state index contributed by atoms with van der Waals surface area (Å²) in [6.07, 6.45) is -4.43. The molecule has 2 aromatic rings. The van der Waals surface area contributed by atoms with Crippen LogP contribution in [0.5, 0.6) is 0 Å². The van der Waals surface area contributed by atoms with Crippen molar-refractivity contribution in [3.05, 3.63) is 71.5 Å². The summed E-state index contributed by atoms with van der Waals surface area (Å²) in [6, 6.07) is 11.6. The van der Waals surface area contributed by atoms with Gasteiger partial charge in [-0.25, -0.2) is 8.42 Å². The molecule has 0 unspecified atom stereocenters. The molecule has 0 aromatic heterocycles. The second kappa shape index (κ2) is 5.20. The molecular weight excluding hydrogens is 289 g/mol. The summed E-state index contributed by atoms with van der Waals surface area (Å²) in [6.45, 7) is 0. The van der Waals surface area contributed by atoms with Crippen molar-refractivity contribution in [1.82, 2.24) is 0 Å². The highest BCUT2D eigenvalue weighted by molar-refractivity contribution is 7.93. The van der Waals surface area contributed by atoms with Gasteiger partial charge >= 0.3 is 6.18 Å². The minimum Gasteiger partial charge on any atom is -0.232 e. The van der Waals surface area contributed by atoms with Crippen LogP contribution in [0.4, 0.5) is 13.2 Å². The normalized spacial score (nSPS) is 12.2. The van der Waals surface area contributed by atoms with Gasteiger partial charge in [0, 0.05) is 5.56 Å². The number of rotatable bonds is 3. The predicted octanol–water partition coefficient (Wildman–Crippen LogP) is 3.69. The predicted molar refractivity (Wildman–Crippen MR) is 68.5 cm³/mol. The number of hydrogen-bond acceptors (Lipinski definition) is 2. The molecule has 0 radical (unpaired) electrons. The van der Waals surface area contributed by atoms with E-state index in [1.165, 1.54) is 12.1 Å². The molecule has 0 aliphatic heterocycles. The van der Waals surface area contributed by atoms with Crippen molar-refractivity contribution >= 4 is 9.84 Å². The second-order valence-corrected chi connectivity index (χ2v) is 5.89. The van der Waals surface area contributed by atoms with E-state index in [9.17, 15) is 21.6 Å². The van der Waals surface area contributed by atoms with E-state index in [2.05, 4.69) is 0 Å². The molecule has 2 aromatic carbocycles. The average molecular weight is 299 g/mol. The maximum absolute atomic E-state index is 12.4. The van der Waals surface area contributed by atoms with Crippen LogP contribution in [0, 0.1) is 5.75 Å². The number of sulfone groups is 1. The quantitative estimate of drug-likeness (QED) is 0.810. The minimum atomic E-state index is -4.43. The Hall–Kier alpha value is -1.95. The van der Waals surface area contributed by atoms with Crippen molar-refractivity contribution in [1.29, 1.82) is 0 Å². The van der Waals surface area contributed by atoms with E-state index < -0.39 is 21.6 Å². The summed E-state index contributed by atoms with van der Waals surface area (Å²) in [5.74, 6) is 0.947. The van der Waals surface area contributed by atoms with Gasteiger partial charge in [-0.15, -0.1) is 12.1 Å². The molecule has 0 fully saturated rings. The Bertz CT molecular complexity index is 675. The van der Waals surface area contributed by atoms with Gasteiger partial charge in [0.2, 0.25) is 0 Å². The van der Waals surface area contributed by atoms with Crippen LogP contribution in [0.25, 0.3) is 0 Å². The first-order chi connectivity index (χ1) is 9.29. The number of halogens is 3. The summed E-state index contributed by atoms with van der Waals surface area (Å²) in [4.78, 5) is 0.0971. The van der Waals surface area contributed by atoms with Crippen LogP contribution in [-0.2, 0) is 16.0 Å². The molecule has 0 saturated carbocycles. The molecule has 6 heteroatoms. The lowest BCUT2D eigenvalue weighted by atomic mass is 10.1. The van der Waals surface area contributed by atoms with E-state index in [1.807, 2.05) is 0 Å². The molecule has 0 aliphatic carbocycles. The van der Waals surface area contributed by atoms with Crippen molar-refractivity contribution in [3.63, 3.8) is 0 Å². The maximum atomic E-state index is 12.4. The SMILES string of the molecule is O=S(=O)([CH-]c1ccc(C(F)(F)F)cc1)c1ccccc1. The topological polar surface area (TPSA) is 34.1 Å². The van der Waals surface area contributed by atoms with Gasteiger partial charge < -0.3 is 0 Å². The summed E-state index contributed by atoms with van der Waals surface area (Å²) < 4.78 is 61.2. The zero-order valence-corrected chi connectivity index (χ0v) is 10.9. The highest BCUT2D eigenvalue weighted by Crippen LogP contribution is 2.29. The summed E-state index contributed by atoms with van der Waals surface area (Å²) in [5.41, 5.74) is -0.617. The van der Waals surface area contributed by atoms with Gasteiger partial charge in [-0.1, -0.05) is 24.0 Å². The lowest BCUT2D eigenvalue weighted by molar-refractivity contribution is -0.137. The van der Waals surface area contributed by atoms with Gasteiger partial charge in [0.15, 0.2) is 9.84 Å². The fraction of sp³-hybridized carbons (Fsp3) is 0.0714. The van der Waals surface area contributed by atoms with E-state index >= 15 is 0 Å². The molecular formula is C14H10F3O2S-. The van der Waals surface area contributed by atoms with Crippen molar-refractivity contribution < 1.29 is 21.6 Å². The van der Waals surface area contributed by atoms with Gasteiger partial charge in [-0.2, -0.15) is 30.9 Å². The first-order valence-corrected chi connectivity index (χ1v) is 7.16. The van der Waals surface area contributed by atoms with Gasteiger partial charge in [-0.05, 0) is 12.1 Å². The van der Waals surface area contributed by atoms with Gasteiger partial charge in [0.1, 0.15) is 0 Å². The molecule has 2 rings (SSSR count). The van der Waals surface area contributed by atoms with Crippen LogP contribution in [0.15, 0.2) is 59.5 Å². The second-order valence-electron chi connectivity index (χ2n) is 4.10. The largest absolute Gasteiger partial charge is 0.414 e. The third kappa shape index (κ3) is 3.33. The smallest absolute Gasteiger partial charge is 0.232 e. The zero-order chi connectivity index (χ0) is 14.8. The summed E-state index contributed by atoms with van der Waals surface area (Å²) in [5, 5.41) is 0.